The van der Waals surface area contributed by atoms with Gasteiger partial charge < -0.3 is 4.90 Å². The van der Waals surface area contributed by atoms with Gasteiger partial charge in [-0.05, 0) is 17.5 Å². The SMILES string of the molecule is CN(C)/C(=C\S)c1cccnc1. The molecule has 0 radical (unpaired) electrons. The molecule has 1 aromatic rings. The van der Waals surface area contributed by atoms with Crippen LogP contribution >= 0.6 is 12.6 Å². The lowest BCUT2D eigenvalue weighted by molar-refractivity contribution is 0.592. The summed E-state index contributed by atoms with van der Waals surface area (Å²) >= 11 is 4.13. The number of hydrogen-bond acceptors (Lipinski definition) is 3. The Bertz CT molecular complexity index is 267. The number of hydrogen-bond donors (Lipinski definition) is 1. The molecule has 0 spiro atoms. The van der Waals surface area contributed by atoms with E-state index >= 15 is 0 Å². The van der Waals surface area contributed by atoms with E-state index < -0.39 is 0 Å². The molecular weight excluding hydrogens is 168 g/mol. The number of nitrogens with zero attached hydrogens (tertiary/aromatic N) is 2. The molecule has 0 amide bonds. The van der Waals surface area contributed by atoms with Gasteiger partial charge in [0.05, 0.1) is 5.70 Å². The first-order valence-electron chi connectivity index (χ1n) is 3.68. The van der Waals surface area contributed by atoms with E-state index in [1.807, 2.05) is 37.3 Å². The van der Waals surface area contributed by atoms with Gasteiger partial charge in [-0.3, -0.25) is 4.98 Å². The van der Waals surface area contributed by atoms with Crippen LogP contribution in [0.25, 0.3) is 5.70 Å². The fourth-order valence-corrected chi connectivity index (χ4v) is 1.34. The largest absolute Gasteiger partial charge is 0.377 e. The minimum absolute atomic E-state index is 1.06. The first-order chi connectivity index (χ1) is 5.75. The van der Waals surface area contributed by atoms with Crippen molar-refractivity contribution < 1.29 is 0 Å². The number of pyridine rings is 1. The lowest BCUT2D eigenvalue weighted by atomic mass is 10.2. The second-order valence-corrected chi connectivity index (χ2v) is 2.91. The predicted octanol–water partition coefficient (Wildman–Crippen LogP) is 1.87. The van der Waals surface area contributed by atoms with Crippen molar-refractivity contribution in [1.82, 2.24) is 9.88 Å². The maximum Gasteiger partial charge on any atom is 0.0511 e. The van der Waals surface area contributed by atoms with Crippen LogP contribution in [0.4, 0.5) is 0 Å². The van der Waals surface area contributed by atoms with Crippen LogP contribution in [0, 0.1) is 0 Å². The molecule has 0 fully saturated rings. The molecule has 3 heteroatoms. The quantitative estimate of drug-likeness (QED) is 0.699. The molecule has 2 nitrogen and oxygen atoms in total. The first-order valence-corrected chi connectivity index (χ1v) is 4.19. The van der Waals surface area contributed by atoms with Gasteiger partial charge in [0, 0.05) is 32.1 Å². The molecule has 0 saturated heterocycles. The highest BCUT2D eigenvalue weighted by atomic mass is 32.1. The highest BCUT2D eigenvalue weighted by Gasteiger charge is 2.00. The first kappa shape index (κ1) is 9.13. The van der Waals surface area contributed by atoms with E-state index in [1.165, 1.54) is 0 Å². The van der Waals surface area contributed by atoms with Gasteiger partial charge in [-0.2, -0.15) is 0 Å². The van der Waals surface area contributed by atoms with Crippen molar-refractivity contribution in [3.05, 3.63) is 35.5 Å². The molecule has 0 unspecified atom stereocenters. The van der Waals surface area contributed by atoms with E-state index in [9.17, 15) is 0 Å². The molecular formula is C9H12N2S. The zero-order valence-electron chi connectivity index (χ0n) is 7.23. The van der Waals surface area contributed by atoms with E-state index in [0.717, 1.165) is 11.3 Å². The smallest absolute Gasteiger partial charge is 0.0511 e. The van der Waals surface area contributed by atoms with E-state index in [4.69, 9.17) is 0 Å². The molecule has 0 aliphatic heterocycles. The summed E-state index contributed by atoms with van der Waals surface area (Å²) in [4.78, 5) is 6.04. The molecule has 1 aromatic heterocycles. The Balaban J connectivity index is 2.97. The normalized spacial score (nSPS) is 11.4. The Morgan fingerprint density at radius 2 is 2.33 bits per heavy atom. The van der Waals surface area contributed by atoms with Crippen LogP contribution in [0.5, 0.6) is 0 Å². The van der Waals surface area contributed by atoms with E-state index in [-0.39, 0.29) is 0 Å². The number of rotatable bonds is 2. The molecule has 12 heavy (non-hydrogen) atoms. The van der Waals surface area contributed by atoms with Crippen LogP contribution in [0.3, 0.4) is 0 Å². The third kappa shape index (κ3) is 2.01. The van der Waals surface area contributed by atoms with Crippen molar-refractivity contribution in [2.75, 3.05) is 14.1 Å². The van der Waals surface area contributed by atoms with Crippen molar-refractivity contribution in [3.8, 4) is 0 Å². The third-order valence-corrected chi connectivity index (χ3v) is 1.81. The lowest BCUT2D eigenvalue weighted by Gasteiger charge is -2.15. The fraction of sp³-hybridized carbons (Fsp3) is 0.222. The van der Waals surface area contributed by atoms with Crippen LogP contribution in [-0.2, 0) is 0 Å². The Labute approximate surface area is 78.3 Å². The molecule has 0 N–H and O–H groups in total. The minimum atomic E-state index is 1.06. The summed E-state index contributed by atoms with van der Waals surface area (Å²) < 4.78 is 0. The maximum absolute atomic E-state index is 4.13. The zero-order valence-corrected chi connectivity index (χ0v) is 8.12. The van der Waals surface area contributed by atoms with Gasteiger partial charge in [0.2, 0.25) is 0 Å². The second kappa shape index (κ2) is 4.16. The van der Waals surface area contributed by atoms with Gasteiger partial charge in [0.15, 0.2) is 0 Å². The molecule has 0 aliphatic rings. The maximum atomic E-state index is 4.13. The van der Waals surface area contributed by atoms with Crippen molar-refractivity contribution in [1.29, 1.82) is 0 Å². The van der Waals surface area contributed by atoms with E-state index in [1.54, 1.807) is 11.6 Å². The molecule has 0 bridgehead atoms. The highest BCUT2D eigenvalue weighted by Crippen LogP contribution is 2.15. The monoisotopic (exact) mass is 180 g/mol. The topological polar surface area (TPSA) is 16.1 Å². The second-order valence-electron chi connectivity index (χ2n) is 2.65. The molecule has 0 aliphatic carbocycles. The summed E-state index contributed by atoms with van der Waals surface area (Å²) in [6.07, 6.45) is 3.58. The van der Waals surface area contributed by atoms with Crippen LogP contribution in [0.2, 0.25) is 0 Å². The summed E-state index contributed by atoms with van der Waals surface area (Å²) in [6, 6.07) is 3.92. The molecule has 0 atom stereocenters. The number of thiol groups is 1. The Morgan fingerprint density at radius 1 is 1.58 bits per heavy atom. The van der Waals surface area contributed by atoms with Gasteiger partial charge in [0.1, 0.15) is 0 Å². The summed E-state index contributed by atoms with van der Waals surface area (Å²) in [5, 5.41) is 1.77. The van der Waals surface area contributed by atoms with Crippen LogP contribution in [0.1, 0.15) is 5.56 Å². The summed E-state index contributed by atoms with van der Waals surface area (Å²) in [7, 11) is 3.96. The molecule has 0 saturated carbocycles. The van der Waals surface area contributed by atoms with Gasteiger partial charge >= 0.3 is 0 Å². The molecule has 1 rings (SSSR count). The molecule has 64 valence electrons. The average Bonchev–Trinajstić information content (AvgIpc) is 2.07. The Kier molecular flexibility index (Phi) is 3.17. The number of aromatic nitrogens is 1. The predicted molar refractivity (Wildman–Crippen MR) is 54.9 cm³/mol. The third-order valence-electron chi connectivity index (χ3n) is 1.56. The molecule has 1 heterocycles. The summed E-state index contributed by atoms with van der Waals surface area (Å²) in [5.41, 5.74) is 2.14. The van der Waals surface area contributed by atoms with Crippen molar-refractivity contribution >= 4 is 18.3 Å². The summed E-state index contributed by atoms with van der Waals surface area (Å²) in [5.74, 6) is 0. The lowest BCUT2D eigenvalue weighted by Crippen LogP contribution is -2.09. The molecule has 0 aromatic carbocycles. The standard InChI is InChI=1S/C9H12N2S/c1-11(2)9(7-12)8-4-3-5-10-6-8/h3-7,12H,1-2H3/b9-7-. The fourth-order valence-electron chi connectivity index (χ4n) is 0.962. The van der Waals surface area contributed by atoms with Gasteiger partial charge in [-0.1, -0.05) is 0 Å². The van der Waals surface area contributed by atoms with Crippen molar-refractivity contribution in [2.24, 2.45) is 0 Å². The van der Waals surface area contributed by atoms with Gasteiger partial charge in [-0.25, -0.2) is 0 Å². The van der Waals surface area contributed by atoms with E-state index in [0.29, 0.717) is 0 Å². The van der Waals surface area contributed by atoms with Crippen molar-refractivity contribution in [3.63, 3.8) is 0 Å². The van der Waals surface area contributed by atoms with E-state index in [2.05, 4.69) is 17.6 Å². The highest BCUT2D eigenvalue weighted by molar-refractivity contribution is 7.83. The Hall–Kier alpha value is -0.960. The Morgan fingerprint density at radius 3 is 2.75 bits per heavy atom. The van der Waals surface area contributed by atoms with Crippen LogP contribution in [-0.4, -0.2) is 24.0 Å². The van der Waals surface area contributed by atoms with Gasteiger partial charge in [0.25, 0.3) is 0 Å². The van der Waals surface area contributed by atoms with Crippen LogP contribution < -0.4 is 0 Å². The van der Waals surface area contributed by atoms with Crippen LogP contribution in [0.15, 0.2) is 29.9 Å². The minimum Gasteiger partial charge on any atom is -0.377 e. The van der Waals surface area contributed by atoms with Gasteiger partial charge in [-0.15, -0.1) is 12.6 Å². The average molecular weight is 180 g/mol. The zero-order chi connectivity index (χ0) is 8.97. The summed E-state index contributed by atoms with van der Waals surface area (Å²) in [6.45, 7) is 0. The van der Waals surface area contributed by atoms with Crippen molar-refractivity contribution in [2.45, 2.75) is 0 Å².